The standard InChI is InChI=1S/C22H24N6O4S/c23-33(31,32)20-7-5-19(6-8-20)26-21(29)17-9-11-27(12-10-17)22(30)18-3-1-16(2-4-18)13-28-15-24-14-25-28/h1-8,14-15,17H,9-13H2,(H,26,29)(H2,23,31,32). The van der Waals surface area contributed by atoms with E-state index in [1.807, 2.05) is 12.1 Å². The maximum Gasteiger partial charge on any atom is 0.253 e. The second-order valence-electron chi connectivity index (χ2n) is 7.92. The molecule has 11 heteroatoms. The van der Waals surface area contributed by atoms with Crippen LogP contribution in [0.2, 0.25) is 0 Å². The van der Waals surface area contributed by atoms with Gasteiger partial charge in [0.1, 0.15) is 12.7 Å². The van der Waals surface area contributed by atoms with E-state index in [-0.39, 0.29) is 22.6 Å². The second kappa shape index (κ2) is 9.51. The van der Waals surface area contributed by atoms with Crippen LogP contribution in [0.25, 0.3) is 0 Å². The van der Waals surface area contributed by atoms with Gasteiger partial charge in [0.05, 0.1) is 11.4 Å². The van der Waals surface area contributed by atoms with Crippen LogP contribution in [0.3, 0.4) is 0 Å². The van der Waals surface area contributed by atoms with Crippen molar-refractivity contribution in [2.45, 2.75) is 24.3 Å². The summed E-state index contributed by atoms with van der Waals surface area (Å²) >= 11 is 0. The van der Waals surface area contributed by atoms with Gasteiger partial charge in [-0.05, 0) is 54.8 Å². The molecular formula is C22H24N6O4S. The predicted octanol–water partition coefficient (Wildman–Crippen LogP) is 1.46. The van der Waals surface area contributed by atoms with Crippen LogP contribution in [-0.4, -0.2) is 53.0 Å². The molecule has 1 saturated heterocycles. The fourth-order valence-corrected chi connectivity index (χ4v) is 4.27. The maximum atomic E-state index is 12.8. The summed E-state index contributed by atoms with van der Waals surface area (Å²) in [7, 11) is -3.78. The van der Waals surface area contributed by atoms with Crippen molar-refractivity contribution in [1.82, 2.24) is 19.7 Å². The Hall–Kier alpha value is -3.57. The van der Waals surface area contributed by atoms with Gasteiger partial charge in [-0.3, -0.25) is 9.59 Å². The van der Waals surface area contributed by atoms with Crippen LogP contribution in [0.4, 0.5) is 5.69 Å². The quantitative estimate of drug-likeness (QED) is 0.561. The number of likely N-dealkylation sites (tertiary alicyclic amines) is 1. The molecule has 2 aromatic carbocycles. The number of hydrogen-bond donors (Lipinski definition) is 2. The molecule has 172 valence electrons. The molecule has 0 atom stereocenters. The minimum atomic E-state index is -3.78. The van der Waals surface area contributed by atoms with Gasteiger partial charge in [0.15, 0.2) is 0 Å². The van der Waals surface area contributed by atoms with E-state index in [4.69, 9.17) is 5.14 Å². The Morgan fingerprint density at radius 1 is 1.03 bits per heavy atom. The maximum absolute atomic E-state index is 12.8. The molecule has 2 heterocycles. The lowest BCUT2D eigenvalue weighted by Crippen LogP contribution is -2.41. The average molecular weight is 469 g/mol. The Bertz CT molecular complexity index is 1220. The number of nitrogens with two attached hydrogens (primary N) is 1. The van der Waals surface area contributed by atoms with Gasteiger partial charge < -0.3 is 10.2 Å². The van der Waals surface area contributed by atoms with Crippen LogP contribution in [-0.2, 0) is 21.4 Å². The number of primary sulfonamides is 1. The van der Waals surface area contributed by atoms with E-state index in [1.54, 1.807) is 28.0 Å². The molecule has 33 heavy (non-hydrogen) atoms. The Morgan fingerprint density at radius 2 is 1.70 bits per heavy atom. The van der Waals surface area contributed by atoms with E-state index in [1.165, 1.54) is 30.6 Å². The number of nitrogens with one attached hydrogen (secondary N) is 1. The molecular weight excluding hydrogens is 444 g/mol. The van der Waals surface area contributed by atoms with Crippen molar-refractivity contribution in [3.8, 4) is 0 Å². The summed E-state index contributed by atoms with van der Waals surface area (Å²) in [6.07, 6.45) is 4.22. The van der Waals surface area contributed by atoms with Gasteiger partial charge in [-0.1, -0.05) is 12.1 Å². The molecule has 2 amide bonds. The van der Waals surface area contributed by atoms with Crippen LogP contribution in [0.5, 0.6) is 0 Å². The topological polar surface area (TPSA) is 140 Å². The highest BCUT2D eigenvalue weighted by Crippen LogP contribution is 2.22. The van der Waals surface area contributed by atoms with E-state index in [0.29, 0.717) is 43.7 Å². The normalized spacial score (nSPS) is 14.8. The van der Waals surface area contributed by atoms with Gasteiger partial charge in [-0.15, -0.1) is 0 Å². The molecule has 10 nitrogen and oxygen atoms in total. The molecule has 0 unspecified atom stereocenters. The van der Waals surface area contributed by atoms with Crippen molar-refractivity contribution in [3.05, 3.63) is 72.3 Å². The number of sulfonamides is 1. The SMILES string of the molecule is NS(=O)(=O)c1ccc(NC(=O)C2CCN(C(=O)c3ccc(Cn4cncn4)cc3)CC2)cc1. The summed E-state index contributed by atoms with van der Waals surface area (Å²) in [5, 5.41) is 12.0. The summed E-state index contributed by atoms with van der Waals surface area (Å²) in [5.74, 6) is -0.431. The van der Waals surface area contributed by atoms with E-state index in [2.05, 4.69) is 15.4 Å². The summed E-state index contributed by atoms with van der Waals surface area (Å²) < 4.78 is 24.4. The largest absolute Gasteiger partial charge is 0.339 e. The van der Waals surface area contributed by atoms with Crippen molar-refractivity contribution < 1.29 is 18.0 Å². The lowest BCUT2D eigenvalue weighted by molar-refractivity contribution is -0.121. The van der Waals surface area contributed by atoms with Crippen molar-refractivity contribution in [3.63, 3.8) is 0 Å². The third-order valence-corrected chi connectivity index (χ3v) is 6.54. The number of aromatic nitrogens is 3. The molecule has 4 rings (SSSR count). The summed E-state index contributed by atoms with van der Waals surface area (Å²) in [6.45, 7) is 1.56. The lowest BCUT2D eigenvalue weighted by atomic mass is 9.95. The Labute approximate surface area is 191 Å². The van der Waals surface area contributed by atoms with Crippen LogP contribution < -0.4 is 10.5 Å². The van der Waals surface area contributed by atoms with E-state index in [0.717, 1.165) is 5.56 Å². The fraction of sp³-hybridized carbons (Fsp3) is 0.273. The molecule has 3 N–H and O–H groups in total. The van der Waals surface area contributed by atoms with Crippen LogP contribution in [0.15, 0.2) is 66.1 Å². The van der Waals surface area contributed by atoms with Gasteiger partial charge in [0.2, 0.25) is 15.9 Å². The van der Waals surface area contributed by atoms with Gasteiger partial charge in [-0.25, -0.2) is 23.2 Å². The van der Waals surface area contributed by atoms with E-state index >= 15 is 0 Å². The lowest BCUT2D eigenvalue weighted by Gasteiger charge is -2.31. The molecule has 1 aliphatic heterocycles. The van der Waals surface area contributed by atoms with E-state index in [9.17, 15) is 18.0 Å². The molecule has 0 bridgehead atoms. The molecule has 0 aliphatic carbocycles. The number of piperidine rings is 1. The first-order valence-electron chi connectivity index (χ1n) is 10.4. The van der Waals surface area contributed by atoms with Crippen LogP contribution in [0, 0.1) is 5.92 Å². The van der Waals surface area contributed by atoms with Crippen molar-refractivity contribution in [2.75, 3.05) is 18.4 Å². The highest BCUT2D eigenvalue weighted by atomic mass is 32.2. The van der Waals surface area contributed by atoms with Crippen molar-refractivity contribution >= 4 is 27.5 Å². The van der Waals surface area contributed by atoms with E-state index < -0.39 is 10.0 Å². The Morgan fingerprint density at radius 3 is 2.27 bits per heavy atom. The minimum Gasteiger partial charge on any atom is -0.339 e. The predicted molar refractivity (Wildman–Crippen MR) is 121 cm³/mol. The summed E-state index contributed by atoms with van der Waals surface area (Å²) in [5.41, 5.74) is 2.12. The molecule has 3 aromatic rings. The number of rotatable bonds is 6. The number of anilines is 1. The van der Waals surface area contributed by atoms with Crippen LogP contribution in [0.1, 0.15) is 28.8 Å². The molecule has 0 saturated carbocycles. The number of benzene rings is 2. The third kappa shape index (κ3) is 5.62. The number of carbonyl (C=O) groups is 2. The number of hydrogen-bond acceptors (Lipinski definition) is 6. The fourth-order valence-electron chi connectivity index (χ4n) is 3.75. The van der Waals surface area contributed by atoms with Gasteiger partial charge in [-0.2, -0.15) is 5.10 Å². The Balaban J connectivity index is 1.29. The molecule has 1 aromatic heterocycles. The Kier molecular flexibility index (Phi) is 6.52. The summed E-state index contributed by atoms with van der Waals surface area (Å²) in [6, 6.07) is 13.1. The molecule has 0 radical (unpaired) electrons. The zero-order valence-electron chi connectivity index (χ0n) is 17.8. The zero-order valence-corrected chi connectivity index (χ0v) is 18.6. The van der Waals surface area contributed by atoms with Crippen molar-refractivity contribution in [1.29, 1.82) is 0 Å². The number of carbonyl (C=O) groups excluding carboxylic acids is 2. The second-order valence-corrected chi connectivity index (χ2v) is 9.48. The molecule has 1 aliphatic rings. The van der Waals surface area contributed by atoms with Crippen molar-refractivity contribution in [2.24, 2.45) is 11.1 Å². The highest BCUT2D eigenvalue weighted by Gasteiger charge is 2.28. The molecule has 0 spiro atoms. The first-order chi connectivity index (χ1) is 15.8. The van der Waals surface area contributed by atoms with Gasteiger partial charge in [0.25, 0.3) is 5.91 Å². The monoisotopic (exact) mass is 468 g/mol. The van der Waals surface area contributed by atoms with Gasteiger partial charge >= 0.3 is 0 Å². The smallest absolute Gasteiger partial charge is 0.253 e. The highest BCUT2D eigenvalue weighted by molar-refractivity contribution is 7.89. The first-order valence-corrected chi connectivity index (χ1v) is 12.0. The minimum absolute atomic E-state index is 0.0150. The third-order valence-electron chi connectivity index (χ3n) is 5.62. The number of amides is 2. The summed E-state index contributed by atoms with van der Waals surface area (Å²) in [4.78, 5) is 31.1. The van der Waals surface area contributed by atoms with Crippen LogP contribution >= 0.6 is 0 Å². The first kappa shape index (κ1) is 22.6. The van der Waals surface area contributed by atoms with Gasteiger partial charge in [0, 0.05) is 30.3 Å². The number of nitrogens with zero attached hydrogens (tertiary/aromatic N) is 4. The molecule has 1 fully saturated rings. The zero-order chi connectivity index (χ0) is 23.4. The average Bonchev–Trinajstić information content (AvgIpc) is 3.32.